The Bertz CT molecular complexity index is 940. The summed E-state index contributed by atoms with van der Waals surface area (Å²) in [6.07, 6.45) is 7.57. The lowest BCUT2D eigenvalue weighted by molar-refractivity contribution is -0.213. The van der Waals surface area contributed by atoms with Crippen LogP contribution in [0.4, 0.5) is 0 Å². The molecule has 1 saturated heterocycles. The molecule has 2 aromatic heterocycles. The zero-order valence-electron chi connectivity index (χ0n) is 15.8. The Kier molecular flexibility index (Phi) is 4.47. The summed E-state index contributed by atoms with van der Waals surface area (Å²) < 4.78 is 19.3. The molecule has 11 heteroatoms. The largest absolute Gasteiger partial charge is 0.488 e. The van der Waals surface area contributed by atoms with Crippen LogP contribution in [0, 0.1) is 10.9 Å². The van der Waals surface area contributed by atoms with Crippen molar-refractivity contribution in [2.45, 2.75) is 44.6 Å². The molecule has 3 aliphatic rings. The minimum Gasteiger partial charge on any atom is -0.488 e. The fraction of sp³-hybridized carbons (Fsp3) is 0.556. The first-order valence-electron chi connectivity index (χ1n) is 9.65. The van der Waals surface area contributed by atoms with Gasteiger partial charge in [0.1, 0.15) is 17.1 Å². The van der Waals surface area contributed by atoms with Crippen LogP contribution >= 0.6 is 0 Å². The highest BCUT2D eigenvalue weighted by Crippen LogP contribution is 2.48. The van der Waals surface area contributed by atoms with Gasteiger partial charge in [0.05, 0.1) is 32.1 Å². The van der Waals surface area contributed by atoms with Crippen molar-refractivity contribution in [1.29, 1.82) is 5.53 Å². The lowest BCUT2D eigenvalue weighted by Gasteiger charge is -2.29. The van der Waals surface area contributed by atoms with Crippen molar-refractivity contribution in [3.05, 3.63) is 24.0 Å². The number of hydrogen-bond acceptors (Lipinski definition) is 8. The predicted octanol–water partition coefficient (Wildman–Crippen LogP) is 1.69. The second-order valence-corrected chi connectivity index (χ2v) is 7.85. The maximum atomic E-state index is 6.83. The van der Waals surface area contributed by atoms with Crippen molar-refractivity contribution in [2.75, 3.05) is 13.2 Å². The first-order valence-corrected chi connectivity index (χ1v) is 9.65. The van der Waals surface area contributed by atoms with Crippen LogP contribution in [-0.4, -0.2) is 51.4 Å². The third-order valence-electron chi connectivity index (χ3n) is 5.35. The average Bonchev–Trinajstić information content (AvgIpc) is 3.65. The minimum atomic E-state index is -0.321. The smallest absolute Gasteiger partial charge is 0.177 e. The summed E-state index contributed by atoms with van der Waals surface area (Å²) >= 11 is 0. The molecule has 3 fully saturated rings. The van der Waals surface area contributed by atoms with E-state index in [1.807, 2.05) is 0 Å². The Morgan fingerprint density at radius 2 is 2.14 bits per heavy atom. The van der Waals surface area contributed by atoms with E-state index < -0.39 is 0 Å². The third-order valence-corrected chi connectivity index (χ3v) is 5.35. The molecule has 2 aromatic rings. The molecule has 5 rings (SSSR count). The van der Waals surface area contributed by atoms with Gasteiger partial charge in [0, 0.05) is 17.2 Å². The van der Waals surface area contributed by atoms with Gasteiger partial charge in [0.15, 0.2) is 12.1 Å². The second kappa shape index (κ2) is 7.16. The van der Waals surface area contributed by atoms with E-state index in [1.165, 1.54) is 12.8 Å². The van der Waals surface area contributed by atoms with E-state index in [4.69, 9.17) is 25.5 Å². The van der Waals surface area contributed by atoms with Crippen molar-refractivity contribution in [3.63, 3.8) is 0 Å². The maximum absolute atomic E-state index is 6.83. The molecule has 152 valence electrons. The van der Waals surface area contributed by atoms with Gasteiger partial charge < -0.3 is 19.9 Å². The van der Waals surface area contributed by atoms with Crippen LogP contribution in [0.25, 0.3) is 11.4 Å². The van der Waals surface area contributed by atoms with E-state index >= 15 is 0 Å². The van der Waals surface area contributed by atoms with Crippen LogP contribution in [0.3, 0.4) is 0 Å². The predicted molar refractivity (Wildman–Crippen MR) is 100 cm³/mol. The number of nitrogens with one attached hydrogen (secondary N) is 1. The number of rotatable bonds is 7. The Morgan fingerprint density at radius 1 is 1.34 bits per heavy atom. The highest BCUT2D eigenvalue weighted by Gasteiger charge is 2.47. The van der Waals surface area contributed by atoms with Gasteiger partial charge in [0.2, 0.25) is 0 Å². The van der Waals surface area contributed by atoms with Crippen LogP contribution in [-0.2, 0) is 16.0 Å². The Morgan fingerprint density at radius 3 is 2.83 bits per heavy atom. The third kappa shape index (κ3) is 3.96. The normalized spacial score (nSPS) is 21.3. The van der Waals surface area contributed by atoms with Crippen molar-refractivity contribution in [3.8, 4) is 17.1 Å². The highest BCUT2D eigenvalue weighted by atomic mass is 16.7. The number of ether oxygens (including phenoxy) is 3. The van der Waals surface area contributed by atoms with Crippen LogP contribution in [0.1, 0.15) is 31.2 Å². The van der Waals surface area contributed by atoms with Gasteiger partial charge in [0.25, 0.3) is 0 Å². The Hall–Kier alpha value is -2.92. The summed E-state index contributed by atoms with van der Waals surface area (Å²) in [5.41, 5.74) is 14.6. The number of nitrogens with two attached hydrogens (primary N) is 1. The molecule has 0 aromatic carbocycles. The van der Waals surface area contributed by atoms with Crippen LogP contribution in [0.5, 0.6) is 5.75 Å². The zero-order valence-corrected chi connectivity index (χ0v) is 15.8. The fourth-order valence-electron chi connectivity index (χ4n) is 3.19. The number of hydrogen-bond donors (Lipinski definition) is 2. The lowest BCUT2D eigenvalue weighted by Crippen LogP contribution is -2.36. The van der Waals surface area contributed by atoms with E-state index in [0.29, 0.717) is 29.2 Å². The molecule has 0 atom stereocenters. The number of pyridine rings is 1. The minimum absolute atomic E-state index is 0.100. The maximum Gasteiger partial charge on any atom is 0.177 e. The van der Waals surface area contributed by atoms with Gasteiger partial charge in [-0.1, -0.05) is 10.4 Å². The van der Waals surface area contributed by atoms with Crippen LogP contribution in [0.15, 0.2) is 28.8 Å². The SMILES string of the molecule is N=NN=C(N)c1cnc(-c2cn(CC3OCC4(CC4)CO3)nn2)c(OC2CC2)c1. The fourth-order valence-corrected chi connectivity index (χ4v) is 3.19. The summed E-state index contributed by atoms with van der Waals surface area (Å²) in [4.78, 5) is 4.45. The first-order chi connectivity index (χ1) is 14.1. The summed E-state index contributed by atoms with van der Waals surface area (Å²) in [5, 5.41) is 14.9. The molecule has 11 nitrogen and oxygen atoms in total. The first kappa shape index (κ1) is 18.1. The molecular weight excluding hydrogens is 376 g/mol. The van der Waals surface area contributed by atoms with Gasteiger partial charge in [-0.2, -0.15) is 5.53 Å². The van der Waals surface area contributed by atoms with E-state index in [2.05, 4.69) is 25.6 Å². The molecule has 2 saturated carbocycles. The van der Waals surface area contributed by atoms with Gasteiger partial charge >= 0.3 is 0 Å². The molecule has 3 heterocycles. The van der Waals surface area contributed by atoms with Crippen LogP contribution < -0.4 is 10.5 Å². The number of nitrogens with zero attached hydrogens (tertiary/aromatic N) is 6. The second-order valence-electron chi connectivity index (χ2n) is 7.85. The topological polar surface area (TPSA) is 146 Å². The van der Waals surface area contributed by atoms with Gasteiger partial charge in [-0.3, -0.25) is 0 Å². The average molecular weight is 398 g/mol. The molecule has 0 amide bonds. The van der Waals surface area contributed by atoms with E-state index in [0.717, 1.165) is 26.1 Å². The standard InChI is InChI=1S/C18H22N8O3/c19-17(23-24-20)11-5-14(29-12-1-2-12)16(21-6-11)13-7-26(25-22-13)8-15-27-9-18(3-4-18)10-28-15/h5-7,12,15H,1-4,8-10H2,(H3,19,20,23). The molecule has 0 bridgehead atoms. The number of aromatic nitrogens is 4. The van der Waals surface area contributed by atoms with Crippen molar-refractivity contribution >= 4 is 5.84 Å². The molecule has 3 N–H and O–H groups in total. The van der Waals surface area contributed by atoms with Gasteiger partial charge in [-0.15, -0.1) is 10.2 Å². The van der Waals surface area contributed by atoms with Crippen molar-refractivity contribution in [1.82, 2.24) is 20.0 Å². The van der Waals surface area contributed by atoms with Crippen molar-refractivity contribution in [2.24, 2.45) is 21.5 Å². The van der Waals surface area contributed by atoms with Gasteiger partial charge in [-0.05, 0) is 31.7 Å². The summed E-state index contributed by atoms with van der Waals surface area (Å²) in [6.45, 7) is 1.95. The number of amidine groups is 1. The van der Waals surface area contributed by atoms with E-state index in [1.54, 1.807) is 23.1 Å². The van der Waals surface area contributed by atoms with E-state index in [9.17, 15) is 0 Å². The highest BCUT2D eigenvalue weighted by molar-refractivity contribution is 5.97. The van der Waals surface area contributed by atoms with Crippen molar-refractivity contribution < 1.29 is 14.2 Å². The molecule has 0 radical (unpaired) electrons. The van der Waals surface area contributed by atoms with Gasteiger partial charge in [-0.25, -0.2) is 9.67 Å². The molecule has 1 aliphatic heterocycles. The van der Waals surface area contributed by atoms with Crippen LogP contribution in [0.2, 0.25) is 0 Å². The summed E-state index contributed by atoms with van der Waals surface area (Å²) in [5.74, 6) is 0.657. The Balaban J connectivity index is 1.34. The summed E-state index contributed by atoms with van der Waals surface area (Å²) in [6, 6.07) is 1.74. The molecule has 2 aliphatic carbocycles. The summed E-state index contributed by atoms with van der Waals surface area (Å²) in [7, 11) is 0. The molecule has 29 heavy (non-hydrogen) atoms. The lowest BCUT2D eigenvalue weighted by atomic mass is 10.1. The zero-order chi connectivity index (χ0) is 19.8. The quantitative estimate of drug-likeness (QED) is 0.312. The molecule has 1 spiro atoms. The molecular formula is C18H22N8O3. The monoisotopic (exact) mass is 398 g/mol. The van der Waals surface area contributed by atoms with E-state index in [-0.39, 0.29) is 23.6 Å². The molecule has 0 unspecified atom stereocenters. The Labute approximate surface area is 166 Å².